The van der Waals surface area contributed by atoms with Crippen LogP contribution in [0.3, 0.4) is 0 Å². The number of benzene rings is 2. The van der Waals surface area contributed by atoms with Crippen molar-refractivity contribution in [3.8, 4) is 6.07 Å². The van der Waals surface area contributed by atoms with Crippen LogP contribution >= 0.6 is 0 Å². The summed E-state index contributed by atoms with van der Waals surface area (Å²) in [6, 6.07) is 14.2. The number of aryl methyl sites for hydroxylation is 2. The van der Waals surface area contributed by atoms with Gasteiger partial charge in [0, 0.05) is 31.6 Å². The Morgan fingerprint density at radius 3 is 2.44 bits per heavy atom. The number of hydrogen-bond acceptors (Lipinski definition) is 4. The Balaban J connectivity index is 1.42. The molecule has 4 rings (SSSR count). The van der Waals surface area contributed by atoms with Gasteiger partial charge < -0.3 is 14.8 Å². The topological polar surface area (TPSA) is 74.0 Å². The zero-order valence-electron chi connectivity index (χ0n) is 19.4. The van der Waals surface area contributed by atoms with E-state index < -0.39 is 0 Å². The molecule has 0 unspecified atom stereocenters. The molecule has 0 radical (unpaired) electrons. The standard InChI is InChI=1S/C26H31N5O/c1-17(2)31-24-14-19(4)18(3)13-23(24)29-26(31)30-11-9-22(10-12-30)25(32)28-16-21-7-5-20(15-27)6-8-21/h5-8,13-14,17,22H,9-12,16H2,1-4H3,(H,28,32). The molecule has 2 heterocycles. The van der Waals surface area contributed by atoms with E-state index in [0.717, 1.165) is 43.0 Å². The number of fused-ring (bicyclic) bond motifs is 1. The molecule has 0 atom stereocenters. The second-order valence-corrected chi connectivity index (χ2v) is 9.09. The minimum Gasteiger partial charge on any atom is -0.352 e. The lowest BCUT2D eigenvalue weighted by Gasteiger charge is -2.33. The third-order valence-electron chi connectivity index (χ3n) is 6.50. The number of aromatic nitrogens is 2. The van der Waals surface area contributed by atoms with Crippen molar-refractivity contribution in [2.75, 3.05) is 18.0 Å². The summed E-state index contributed by atoms with van der Waals surface area (Å²) in [5, 5.41) is 12.0. The van der Waals surface area contributed by atoms with E-state index >= 15 is 0 Å². The molecule has 1 saturated heterocycles. The molecule has 1 aromatic heterocycles. The Morgan fingerprint density at radius 2 is 1.81 bits per heavy atom. The number of piperidine rings is 1. The van der Waals surface area contributed by atoms with E-state index in [4.69, 9.17) is 10.2 Å². The van der Waals surface area contributed by atoms with Gasteiger partial charge in [-0.2, -0.15) is 5.26 Å². The highest BCUT2D eigenvalue weighted by Gasteiger charge is 2.28. The monoisotopic (exact) mass is 429 g/mol. The van der Waals surface area contributed by atoms with Gasteiger partial charge in [-0.05, 0) is 81.5 Å². The molecule has 0 spiro atoms. The SMILES string of the molecule is Cc1cc2nc(N3CCC(C(=O)NCc4ccc(C#N)cc4)CC3)n(C(C)C)c2cc1C. The number of nitrogens with zero attached hydrogens (tertiary/aromatic N) is 4. The summed E-state index contributed by atoms with van der Waals surface area (Å²) in [5.41, 5.74) is 6.40. The molecule has 166 valence electrons. The van der Waals surface area contributed by atoms with E-state index in [1.165, 1.54) is 16.6 Å². The highest BCUT2D eigenvalue weighted by Crippen LogP contribution is 2.31. The fraction of sp³-hybridized carbons (Fsp3) is 0.423. The van der Waals surface area contributed by atoms with E-state index in [1.54, 1.807) is 12.1 Å². The van der Waals surface area contributed by atoms with E-state index in [1.807, 2.05) is 12.1 Å². The molecule has 0 saturated carbocycles. The van der Waals surface area contributed by atoms with Crippen LogP contribution in [0.5, 0.6) is 0 Å². The van der Waals surface area contributed by atoms with Gasteiger partial charge in [0.15, 0.2) is 0 Å². The maximum atomic E-state index is 12.7. The highest BCUT2D eigenvalue weighted by molar-refractivity contribution is 5.81. The molecule has 0 aliphatic carbocycles. The van der Waals surface area contributed by atoms with Crippen molar-refractivity contribution >= 4 is 22.9 Å². The van der Waals surface area contributed by atoms with Crippen LogP contribution in [-0.2, 0) is 11.3 Å². The maximum Gasteiger partial charge on any atom is 0.223 e. The summed E-state index contributed by atoms with van der Waals surface area (Å²) in [4.78, 5) is 20.0. The molecule has 1 aliphatic rings. The van der Waals surface area contributed by atoms with Gasteiger partial charge in [0.1, 0.15) is 0 Å². The number of imidazole rings is 1. The Bertz CT molecular complexity index is 1160. The summed E-state index contributed by atoms with van der Waals surface area (Å²) in [7, 11) is 0. The lowest BCUT2D eigenvalue weighted by molar-refractivity contribution is -0.125. The summed E-state index contributed by atoms with van der Waals surface area (Å²) >= 11 is 0. The van der Waals surface area contributed by atoms with Crippen molar-refractivity contribution in [2.45, 2.75) is 53.1 Å². The fourth-order valence-electron chi connectivity index (χ4n) is 4.44. The Labute approximate surface area is 189 Å². The first-order valence-corrected chi connectivity index (χ1v) is 11.4. The predicted octanol–water partition coefficient (Wildman–Crippen LogP) is 4.64. The predicted molar refractivity (Wildman–Crippen MR) is 128 cm³/mol. The average molecular weight is 430 g/mol. The third kappa shape index (κ3) is 4.34. The van der Waals surface area contributed by atoms with Crippen molar-refractivity contribution in [3.05, 3.63) is 58.7 Å². The largest absolute Gasteiger partial charge is 0.352 e. The van der Waals surface area contributed by atoms with Crippen LogP contribution in [0.1, 0.15) is 55.0 Å². The van der Waals surface area contributed by atoms with Crippen LogP contribution in [0.15, 0.2) is 36.4 Å². The Hall–Kier alpha value is -3.33. The van der Waals surface area contributed by atoms with Gasteiger partial charge in [0.05, 0.1) is 22.7 Å². The van der Waals surface area contributed by atoms with Crippen LogP contribution in [0.4, 0.5) is 5.95 Å². The third-order valence-corrected chi connectivity index (χ3v) is 6.50. The Morgan fingerprint density at radius 1 is 1.16 bits per heavy atom. The van der Waals surface area contributed by atoms with E-state index in [2.05, 4.69) is 60.7 Å². The van der Waals surface area contributed by atoms with Crippen molar-refractivity contribution < 1.29 is 4.79 Å². The van der Waals surface area contributed by atoms with E-state index in [0.29, 0.717) is 18.2 Å². The van der Waals surface area contributed by atoms with Crippen LogP contribution < -0.4 is 10.2 Å². The van der Waals surface area contributed by atoms with Gasteiger partial charge in [0.25, 0.3) is 0 Å². The first kappa shape index (κ1) is 21.9. The number of hydrogen-bond donors (Lipinski definition) is 1. The van der Waals surface area contributed by atoms with Crippen LogP contribution in [0, 0.1) is 31.1 Å². The van der Waals surface area contributed by atoms with Gasteiger partial charge in [-0.3, -0.25) is 4.79 Å². The normalized spacial score (nSPS) is 14.7. The van der Waals surface area contributed by atoms with Gasteiger partial charge in [-0.25, -0.2) is 4.98 Å². The molecular formula is C26H31N5O. The van der Waals surface area contributed by atoms with Crippen LogP contribution in [0.25, 0.3) is 11.0 Å². The minimum atomic E-state index is 0.0194. The molecule has 6 heteroatoms. The number of nitriles is 1. The quantitative estimate of drug-likeness (QED) is 0.641. The van der Waals surface area contributed by atoms with Gasteiger partial charge >= 0.3 is 0 Å². The number of rotatable bonds is 5. The summed E-state index contributed by atoms with van der Waals surface area (Å²) in [5.74, 6) is 1.14. The van der Waals surface area contributed by atoms with Crippen molar-refractivity contribution in [1.29, 1.82) is 5.26 Å². The molecule has 1 amide bonds. The van der Waals surface area contributed by atoms with E-state index in [-0.39, 0.29) is 11.8 Å². The molecule has 3 aromatic rings. The smallest absolute Gasteiger partial charge is 0.223 e. The molecule has 32 heavy (non-hydrogen) atoms. The number of carbonyl (C=O) groups is 1. The summed E-state index contributed by atoms with van der Waals surface area (Å²) in [6.45, 7) is 10.8. The first-order chi connectivity index (χ1) is 15.4. The summed E-state index contributed by atoms with van der Waals surface area (Å²) < 4.78 is 2.33. The van der Waals surface area contributed by atoms with E-state index in [9.17, 15) is 4.79 Å². The molecule has 2 aromatic carbocycles. The highest BCUT2D eigenvalue weighted by atomic mass is 16.1. The van der Waals surface area contributed by atoms with Gasteiger partial charge in [-0.1, -0.05) is 12.1 Å². The lowest BCUT2D eigenvalue weighted by atomic mass is 9.96. The van der Waals surface area contributed by atoms with Gasteiger partial charge in [-0.15, -0.1) is 0 Å². The van der Waals surface area contributed by atoms with Crippen molar-refractivity contribution in [2.24, 2.45) is 5.92 Å². The maximum absolute atomic E-state index is 12.7. The van der Waals surface area contributed by atoms with Crippen molar-refractivity contribution in [3.63, 3.8) is 0 Å². The first-order valence-electron chi connectivity index (χ1n) is 11.4. The Kier molecular flexibility index (Phi) is 6.18. The number of amides is 1. The molecule has 1 aliphatic heterocycles. The average Bonchev–Trinajstić information content (AvgIpc) is 3.16. The number of carbonyl (C=O) groups excluding carboxylic acids is 1. The molecule has 6 nitrogen and oxygen atoms in total. The molecule has 1 N–H and O–H groups in total. The zero-order valence-corrected chi connectivity index (χ0v) is 19.4. The van der Waals surface area contributed by atoms with Crippen molar-refractivity contribution in [1.82, 2.24) is 14.9 Å². The second kappa shape index (κ2) is 9.04. The van der Waals surface area contributed by atoms with Crippen LogP contribution in [-0.4, -0.2) is 28.5 Å². The second-order valence-electron chi connectivity index (χ2n) is 9.09. The van der Waals surface area contributed by atoms with Gasteiger partial charge in [0.2, 0.25) is 11.9 Å². The summed E-state index contributed by atoms with van der Waals surface area (Å²) in [6.07, 6.45) is 1.64. The number of anilines is 1. The molecule has 0 bridgehead atoms. The molecule has 1 fully saturated rings. The minimum absolute atomic E-state index is 0.0194. The zero-order chi connectivity index (χ0) is 22.8. The van der Waals surface area contributed by atoms with Crippen LogP contribution in [0.2, 0.25) is 0 Å². The number of nitrogens with one attached hydrogen (secondary N) is 1. The fourth-order valence-corrected chi connectivity index (χ4v) is 4.44. The lowest BCUT2D eigenvalue weighted by Crippen LogP contribution is -2.41. The molecular weight excluding hydrogens is 398 g/mol.